The molecule has 0 aliphatic carbocycles. The number of nitrogens with zero attached hydrogens (tertiary/aromatic N) is 2. The first-order valence-electron chi connectivity index (χ1n) is 7.17. The van der Waals surface area contributed by atoms with Gasteiger partial charge >= 0.3 is 0 Å². The molecule has 0 heterocycles. The number of benzene rings is 2. The number of aromatic hydroxyl groups is 1. The van der Waals surface area contributed by atoms with Crippen LogP contribution >= 0.6 is 0 Å². The smallest absolute Gasteiger partial charge is 0.270 e. The highest BCUT2D eigenvalue weighted by Crippen LogP contribution is 2.25. The van der Waals surface area contributed by atoms with E-state index >= 15 is 0 Å². The molecule has 114 valence electrons. The summed E-state index contributed by atoms with van der Waals surface area (Å²) in [5.74, 6) is -0.0161. The van der Waals surface area contributed by atoms with Crippen molar-refractivity contribution in [2.45, 2.75) is 25.8 Å². The van der Waals surface area contributed by atoms with Crippen molar-refractivity contribution in [1.82, 2.24) is 0 Å². The Hall–Kier alpha value is -2.69. The SMILES string of the molecule is CCC[C@H](N=Cc1cc([N+](=O)[O-])ccc1O)c1ccccc1. The van der Waals surface area contributed by atoms with Crippen LogP contribution in [-0.4, -0.2) is 16.2 Å². The number of hydrogen-bond acceptors (Lipinski definition) is 4. The second kappa shape index (κ2) is 7.36. The molecule has 0 spiro atoms. The molecular formula is C17H18N2O3. The summed E-state index contributed by atoms with van der Waals surface area (Å²) in [6, 6.07) is 13.8. The Bertz CT molecular complexity index is 669. The maximum Gasteiger partial charge on any atom is 0.270 e. The third kappa shape index (κ3) is 3.91. The van der Waals surface area contributed by atoms with Crippen molar-refractivity contribution in [3.63, 3.8) is 0 Å². The summed E-state index contributed by atoms with van der Waals surface area (Å²) in [4.78, 5) is 14.8. The van der Waals surface area contributed by atoms with Crippen LogP contribution in [0.1, 0.15) is 36.9 Å². The van der Waals surface area contributed by atoms with Crippen molar-refractivity contribution in [3.8, 4) is 5.75 Å². The first kappa shape index (κ1) is 15.7. The predicted octanol–water partition coefficient (Wildman–Crippen LogP) is 4.26. The Morgan fingerprint density at radius 1 is 1.27 bits per heavy atom. The molecule has 5 heteroatoms. The maximum atomic E-state index is 10.8. The zero-order valence-corrected chi connectivity index (χ0v) is 12.3. The Morgan fingerprint density at radius 2 is 2.00 bits per heavy atom. The lowest BCUT2D eigenvalue weighted by Gasteiger charge is -2.11. The predicted molar refractivity (Wildman–Crippen MR) is 86.4 cm³/mol. The molecule has 0 bridgehead atoms. The summed E-state index contributed by atoms with van der Waals surface area (Å²) >= 11 is 0. The number of rotatable bonds is 6. The fourth-order valence-corrected chi connectivity index (χ4v) is 2.21. The van der Waals surface area contributed by atoms with Gasteiger partial charge < -0.3 is 5.11 Å². The standard InChI is InChI=1S/C17H18N2O3/c1-2-6-16(13-7-4-3-5-8-13)18-12-14-11-15(19(21)22)9-10-17(14)20/h3-5,7-12,16,20H,2,6H2,1H3/t16-/m0/s1. The lowest BCUT2D eigenvalue weighted by Crippen LogP contribution is -1.97. The number of nitro groups is 1. The van der Waals surface area contributed by atoms with Crippen LogP contribution < -0.4 is 0 Å². The van der Waals surface area contributed by atoms with Crippen LogP contribution in [0.3, 0.4) is 0 Å². The van der Waals surface area contributed by atoms with E-state index in [0.717, 1.165) is 18.4 Å². The van der Waals surface area contributed by atoms with Gasteiger partial charge in [-0.1, -0.05) is 43.7 Å². The second-order valence-electron chi connectivity index (χ2n) is 4.99. The summed E-state index contributed by atoms with van der Waals surface area (Å²) < 4.78 is 0. The van der Waals surface area contributed by atoms with Crippen molar-refractivity contribution in [1.29, 1.82) is 0 Å². The van der Waals surface area contributed by atoms with Gasteiger partial charge in [0.05, 0.1) is 11.0 Å². The lowest BCUT2D eigenvalue weighted by atomic mass is 10.0. The number of phenolic OH excluding ortho intramolecular Hbond substituents is 1. The zero-order valence-electron chi connectivity index (χ0n) is 12.3. The Morgan fingerprint density at radius 3 is 2.64 bits per heavy atom. The number of nitro benzene ring substituents is 1. The van der Waals surface area contributed by atoms with Gasteiger partial charge in [0.25, 0.3) is 5.69 Å². The number of phenols is 1. The lowest BCUT2D eigenvalue weighted by molar-refractivity contribution is -0.384. The number of hydrogen-bond donors (Lipinski definition) is 1. The van der Waals surface area contributed by atoms with Gasteiger partial charge in [-0.3, -0.25) is 15.1 Å². The van der Waals surface area contributed by atoms with E-state index in [4.69, 9.17) is 0 Å². The minimum Gasteiger partial charge on any atom is -0.507 e. The van der Waals surface area contributed by atoms with Crippen molar-refractivity contribution in [2.24, 2.45) is 4.99 Å². The van der Waals surface area contributed by atoms with Gasteiger partial charge in [0, 0.05) is 23.9 Å². The largest absolute Gasteiger partial charge is 0.507 e. The van der Waals surface area contributed by atoms with Gasteiger partial charge in [0.2, 0.25) is 0 Å². The second-order valence-corrected chi connectivity index (χ2v) is 4.99. The van der Waals surface area contributed by atoms with Gasteiger partial charge in [0.1, 0.15) is 5.75 Å². The monoisotopic (exact) mass is 298 g/mol. The fourth-order valence-electron chi connectivity index (χ4n) is 2.21. The third-order valence-corrected chi connectivity index (χ3v) is 3.36. The van der Waals surface area contributed by atoms with E-state index in [1.165, 1.54) is 24.4 Å². The van der Waals surface area contributed by atoms with E-state index in [1.807, 2.05) is 30.3 Å². The molecule has 0 radical (unpaired) electrons. The van der Waals surface area contributed by atoms with Gasteiger partial charge in [-0.05, 0) is 18.1 Å². The fraction of sp³-hybridized carbons (Fsp3) is 0.235. The summed E-state index contributed by atoms with van der Waals surface area (Å²) in [5, 5.41) is 20.6. The summed E-state index contributed by atoms with van der Waals surface area (Å²) in [6.45, 7) is 2.08. The maximum absolute atomic E-state index is 10.8. The van der Waals surface area contributed by atoms with Gasteiger partial charge in [0.15, 0.2) is 0 Å². The Kier molecular flexibility index (Phi) is 5.25. The normalized spacial score (nSPS) is 12.4. The van der Waals surface area contributed by atoms with Crippen LogP contribution in [0.4, 0.5) is 5.69 Å². The number of aliphatic imine (C=N–C) groups is 1. The van der Waals surface area contributed by atoms with Gasteiger partial charge in [-0.15, -0.1) is 0 Å². The molecule has 0 unspecified atom stereocenters. The van der Waals surface area contributed by atoms with Crippen molar-refractivity contribution in [2.75, 3.05) is 0 Å². The highest BCUT2D eigenvalue weighted by molar-refractivity contribution is 5.84. The molecular weight excluding hydrogens is 280 g/mol. The van der Waals surface area contributed by atoms with Crippen LogP contribution in [0.2, 0.25) is 0 Å². The molecule has 0 saturated carbocycles. The molecule has 0 fully saturated rings. The molecule has 0 aromatic heterocycles. The first-order chi connectivity index (χ1) is 10.6. The topological polar surface area (TPSA) is 75.7 Å². The van der Waals surface area contributed by atoms with Crippen LogP contribution in [0.5, 0.6) is 5.75 Å². The minimum atomic E-state index is -0.489. The van der Waals surface area contributed by atoms with Gasteiger partial charge in [-0.2, -0.15) is 0 Å². The van der Waals surface area contributed by atoms with Crippen molar-refractivity contribution in [3.05, 3.63) is 69.8 Å². The molecule has 1 atom stereocenters. The molecule has 22 heavy (non-hydrogen) atoms. The summed E-state index contributed by atoms with van der Waals surface area (Å²) in [5.41, 5.74) is 1.38. The van der Waals surface area contributed by atoms with Crippen LogP contribution in [0.25, 0.3) is 0 Å². The molecule has 1 N–H and O–H groups in total. The highest BCUT2D eigenvalue weighted by atomic mass is 16.6. The summed E-state index contributed by atoms with van der Waals surface area (Å²) in [7, 11) is 0. The summed E-state index contributed by atoms with van der Waals surface area (Å²) in [6.07, 6.45) is 3.35. The van der Waals surface area contributed by atoms with Crippen LogP contribution in [0.15, 0.2) is 53.5 Å². The Labute approximate surface area is 129 Å². The van der Waals surface area contributed by atoms with Crippen LogP contribution in [-0.2, 0) is 0 Å². The average Bonchev–Trinajstić information content (AvgIpc) is 2.53. The van der Waals surface area contributed by atoms with E-state index in [0.29, 0.717) is 5.56 Å². The first-order valence-corrected chi connectivity index (χ1v) is 7.17. The Balaban J connectivity index is 2.28. The van der Waals surface area contributed by atoms with E-state index in [-0.39, 0.29) is 17.5 Å². The van der Waals surface area contributed by atoms with Crippen molar-refractivity contribution < 1.29 is 10.0 Å². The van der Waals surface area contributed by atoms with E-state index in [2.05, 4.69) is 11.9 Å². The third-order valence-electron chi connectivity index (χ3n) is 3.36. The van der Waals surface area contributed by atoms with Crippen molar-refractivity contribution >= 4 is 11.9 Å². The van der Waals surface area contributed by atoms with Crippen LogP contribution in [0, 0.1) is 10.1 Å². The van der Waals surface area contributed by atoms with E-state index in [1.54, 1.807) is 0 Å². The molecule has 0 saturated heterocycles. The quantitative estimate of drug-likeness (QED) is 0.492. The molecule has 2 aromatic rings. The number of non-ortho nitro benzene ring substituents is 1. The van der Waals surface area contributed by atoms with E-state index in [9.17, 15) is 15.2 Å². The van der Waals surface area contributed by atoms with Gasteiger partial charge in [-0.25, -0.2) is 0 Å². The molecule has 0 amide bonds. The molecule has 5 nitrogen and oxygen atoms in total. The van der Waals surface area contributed by atoms with E-state index < -0.39 is 4.92 Å². The molecule has 2 aromatic carbocycles. The zero-order chi connectivity index (χ0) is 15.9. The highest BCUT2D eigenvalue weighted by Gasteiger charge is 2.11. The molecule has 0 aliphatic rings. The molecule has 0 aliphatic heterocycles. The minimum absolute atomic E-state index is 0.0161. The molecule has 2 rings (SSSR count). The average molecular weight is 298 g/mol.